The number of hydrogen-bond acceptors (Lipinski definition) is 1. The lowest BCUT2D eigenvalue weighted by atomic mass is 10.1. The number of aryl methyl sites for hydroxylation is 1. The van der Waals surface area contributed by atoms with Gasteiger partial charge in [-0.25, -0.2) is 0 Å². The first kappa shape index (κ1) is 9.39. The highest BCUT2D eigenvalue weighted by atomic mass is 79.9. The van der Waals surface area contributed by atoms with Crippen molar-refractivity contribution in [2.45, 2.75) is 12.8 Å². The minimum absolute atomic E-state index is 0.0391. The van der Waals surface area contributed by atoms with Crippen LogP contribution in [-0.2, 0) is 11.2 Å². The third kappa shape index (κ3) is 2.74. The van der Waals surface area contributed by atoms with E-state index in [1.54, 1.807) is 0 Å². The summed E-state index contributed by atoms with van der Waals surface area (Å²) in [4.78, 5) is 10.0. The minimum Gasteiger partial charge on any atom is -0.261 e. The van der Waals surface area contributed by atoms with Gasteiger partial charge in [-0.2, -0.15) is 4.39 Å². The molecule has 0 aliphatic heterocycles. The molecule has 0 fully saturated rings. The summed E-state index contributed by atoms with van der Waals surface area (Å²) in [6, 6.07) is 6.23. The normalized spacial score (nSPS) is 9.83. The van der Waals surface area contributed by atoms with E-state index in [4.69, 9.17) is 0 Å². The summed E-state index contributed by atoms with van der Waals surface area (Å²) in [6.07, 6.45) is 0.416. The summed E-state index contributed by atoms with van der Waals surface area (Å²) in [5, 5.41) is 0. The minimum atomic E-state index is -1.26. The quantitative estimate of drug-likeness (QED) is 0.731. The molecule has 0 bridgehead atoms. The number of benzene rings is 1. The van der Waals surface area contributed by atoms with Gasteiger partial charge in [-0.05, 0) is 18.1 Å². The maximum atomic E-state index is 11.9. The highest BCUT2D eigenvalue weighted by molar-refractivity contribution is 9.10. The fourth-order valence-electron chi connectivity index (χ4n) is 0.934. The predicted octanol–water partition coefficient (Wildman–Crippen LogP) is 2.88. The molecule has 0 aliphatic rings. The summed E-state index contributed by atoms with van der Waals surface area (Å²) in [5.41, 5.74) is 0.962. The zero-order valence-electron chi connectivity index (χ0n) is 6.39. The van der Waals surface area contributed by atoms with E-state index in [0.29, 0.717) is 6.42 Å². The summed E-state index contributed by atoms with van der Waals surface area (Å²) >= 11 is 3.31. The Morgan fingerprint density at radius 3 is 2.67 bits per heavy atom. The molecule has 1 aromatic rings. The largest absolute Gasteiger partial charge is 0.301 e. The average Bonchev–Trinajstić information content (AvgIpc) is 2.03. The van der Waals surface area contributed by atoms with Gasteiger partial charge in [0.25, 0.3) is 0 Å². The molecule has 1 rings (SSSR count). The van der Waals surface area contributed by atoms with E-state index in [9.17, 15) is 9.18 Å². The van der Waals surface area contributed by atoms with E-state index >= 15 is 0 Å². The zero-order chi connectivity index (χ0) is 8.97. The van der Waals surface area contributed by atoms with Gasteiger partial charge in [0, 0.05) is 10.9 Å². The summed E-state index contributed by atoms with van der Waals surface area (Å²) in [5.74, 6) is 0. The van der Waals surface area contributed by atoms with Crippen molar-refractivity contribution in [1.29, 1.82) is 0 Å². The van der Waals surface area contributed by atoms with Gasteiger partial charge in [0.15, 0.2) is 0 Å². The number of carbonyl (C=O) groups excluding carboxylic acids is 1. The molecule has 0 heterocycles. The van der Waals surface area contributed by atoms with Crippen LogP contribution in [0.25, 0.3) is 0 Å². The first-order valence-electron chi connectivity index (χ1n) is 3.62. The molecule has 0 atom stereocenters. The van der Waals surface area contributed by atoms with Crippen molar-refractivity contribution < 1.29 is 9.18 Å². The van der Waals surface area contributed by atoms with E-state index in [2.05, 4.69) is 15.9 Å². The fourth-order valence-corrected chi connectivity index (χ4v) is 1.42. The molecule has 0 radical (unpaired) electrons. The van der Waals surface area contributed by atoms with Crippen LogP contribution < -0.4 is 0 Å². The van der Waals surface area contributed by atoms with Gasteiger partial charge < -0.3 is 0 Å². The van der Waals surface area contributed by atoms with E-state index < -0.39 is 6.04 Å². The Balaban J connectivity index is 2.63. The summed E-state index contributed by atoms with van der Waals surface area (Å²) in [7, 11) is 0. The molecule has 1 aromatic carbocycles. The Labute approximate surface area is 78.7 Å². The first-order chi connectivity index (χ1) is 5.70. The van der Waals surface area contributed by atoms with Crippen molar-refractivity contribution in [2.24, 2.45) is 0 Å². The molecule has 64 valence electrons. The van der Waals surface area contributed by atoms with Crippen LogP contribution in [0.15, 0.2) is 28.7 Å². The third-order valence-corrected chi connectivity index (χ3v) is 2.32. The molecule has 0 saturated carbocycles. The molecule has 0 aliphatic carbocycles. The molecule has 0 spiro atoms. The van der Waals surface area contributed by atoms with Crippen molar-refractivity contribution in [1.82, 2.24) is 0 Å². The van der Waals surface area contributed by atoms with E-state index in [-0.39, 0.29) is 6.42 Å². The SMILES string of the molecule is O=C(F)CCc1ccccc1Br. The van der Waals surface area contributed by atoms with Crippen molar-refractivity contribution in [3.63, 3.8) is 0 Å². The highest BCUT2D eigenvalue weighted by Gasteiger charge is 2.02. The first-order valence-corrected chi connectivity index (χ1v) is 4.41. The Morgan fingerprint density at radius 2 is 2.08 bits per heavy atom. The third-order valence-electron chi connectivity index (χ3n) is 1.55. The maximum Gasteiger partial charge on any atom is 0.301 e. The monoisotopic (exact) mass is 230 g/mol. The lowest BCUT2D eigenvalue weighted by molar-refractivity contribution is -0.129. The molecular weight excluding hydrogens is 223 g/mol. The van der Waals surface area contributed by atoms with E-state index in [1.807, 2.05) is 24.3 Å². The van der Waals surface area contributed by atoms with Crippen LogP contribution in [0.4, 0.5) is 4.39 Å². The van der Waals surface area contributed by atoms with Gasteiger partial charge in [0.2, 0.25) is 0 Å². The van der Waals surface area contributed by atoms with Gasteiger partial charge in [-0.15, -0.1) is 0 Å². The van der Waals surface area contributed by atoms with Crippen LogP contribution in [0.1, 0.15) is 12.0 Å². The smallest absolute Gasteiger partial charge is 0.261 e. The van der Waals surface area contributed by atoms with Crippen molar-refractivity contribution in [2.75, 3.05) is 0 Å². The second-order valence-electron chi connectivity index (χ2n) is 2.45. The van der Waals surface area contributed by atoms with Crippen LogP contribution in [0.3, 0.4) is 0 Å². The van der Waals surface area contributed by atoms with Crippen LogP contribution in [0.2, 0.25) is 0 Å². The molecular formula is C9H8BrFO. The fraction of sp³-hybridized carbons (Fsp3) is 0.222. The lowest BCUT2D eigenvalue weighted by Crippen LogP contribution is -1.92. The van der Waals surface area contributed by atoms with Gasteiger partial charge in [0.1, 0.15) is 0 Å². The van der Waals surface area contributed by atoms with Gasteiger partial charge >= 0.3 is 6.04 Å². The molecule has 0 unspecified atom stereocenters. The van der Waals surface area contributed by atoms with Gasteiger partial charge in [-0.1, -0.05) is 34.1 Å². The second-order valence-corrected chi connectivity index (χ2v) is 3.30. The number of carbonyl (C=O) groups is 1. The Morgan fingerprint density at radius 1 is 1.42 bits per heavy atom. The molecule has 0 saturated heterocycles. The van der Waals surface area contributed by atoms with Crippen molar-refractivity contribution in [3.05, 3.63) is 34.3 Å². The number of rotatable bonds is 3. The van der Waals surface area contributed by atoms with E-state index in [1.165, 1.54) is 0 Å². The number of hydrogen-bond donors (Lipinski definition) is 0. The molecule has 0 N–H and O–H groups in total. The molecule has 3 heteroatoms. The zero-order valence-corrected chi connectivity index (χ0v) is 7.97. The Kier molecular flexibility index (Phi) is 3.41. The summed E-state index contributed by atoms with van der Waals surface area (Å²) in [6.45, 7) is 0. The average molecular weight is 231 g/mol. The molecule has 12 heavy (non-hydrogen) atoms. The summed E-state index contributed by atoms with van der Waals surface area (Å²) < 4.78 is 12.8. The van der Waals surface area contributed by atoms with Crippen LogP contribution in [-0.4, -0.2) is 6.04 Å². The number of halogens is 2. The van der Waals surface area contributed by atoms with Crippen LogP contribution in [0, 0.1) is 0 Å². The highest BCUT2D eigenvalue weighted by Crippen LogP contribution is 2.17. The molecule has 1 nitrogen and oxygen atoms in total. The van der Waals surface area contributed by atoms with Crippen LogP contribution >= 0.6 is 15.9 Å². The van der Waals surface area contributed by atoms with Crippen molar-refractivity contribution >= 4 is 22.0 Å². The Bertz CT molecular complexity index is 286. The topological polar surface area (TPSA) is 17.1 Å². The van der Waals surface area contributed by atoms with Crippen molar-refractivity contribution in [3.8, 4) is 0 Å². The maximum absolute atomic E-state index is 11.9. The predicted molar refractivity (Wildman–Crippen MR) is 48.6 cm³/mol. The van der Waals surface area contributed by atoms with E-state index in [0.717, 1.165) is 10.0 Å². The molecule has 0 amide bonds. The standard InChI is InChI=1S/C9H8BrFO/c10-8-4-2-1-3-7(8)5-6-9(11)12/h1-4H,5-6H2. The molecule has 0 aromatic heterocycles. The lowest BCUT2D eigenvalue weighted by Gasteiger charge is -1.99. The van der Waals surface area contributed by atoms with Crippen LogP contribution in [0.5, 0.6) is 0 Å². The van der Waals surface area contributed by atoms with Gasteiger partial charge in [-0.3, -0.25) is 4.79 Å². The Hall–Kier alpha value is -0.700. The second kappa shape index (κ2) is 4.36. The van der Waals surface area contributed by atoms with Gasteiger partial charge in [0.05, 0.1) is 0 Å².